The fourth-order valence-electron chi connectivity index (χ4n) is 2.82. The molecule has 0 amide bonds. The lowest BCUT2D eigenvalue weighted by Crippen LogP contribution is -2.36. The summed E-state index contributed by atoms with van der Waals surface area (Å²) in [4.78, 5) is 12.9. The van der Waals surface area contributed by atoms with Crippen LogP contribution < -0.4 is 0 Å². The van der Waals surface area contributed by atoms with Crippen molar-refractivity contribution in [2.75, 3.05) is 6.54 Å². The molecule has 3 heterocycles. The van der Waals surface area contributed by atoms with Gasteiger partial charge in [-0.3, -0.25) is 4.90 Å². The highest BCUT2D eigenvalue weighted by Gasteiger charge is 2.40. The Morgan fingerprint density at radius 2 is 2.08 bits per heavy atom. The molecule has 7 nitrogen and oxygen atoms in total. The van der Waals surface area contributed by atoms with Crippen molar-refractivity contribution in [1.82, 2.24) is 19.7 Å². The number of hydrogen-bond acceptors (Lipinski definition) is 5. The summed E-state index contributed by atoms with van der Waals surface area (Å²) in [5.74, 6) is -1.60. The van der Waals surface area contributed by atoms with Gasteiger partial charge < -0.3 is 14.1 Å². The predicted molar refractivity (Wildman–Crippen MR) is 74.3 cm³/mol. The Labute approximate surface area is 134 Å². The first kappa shape index (κ1) is 16.5. The van der Waals surface area contributed by atoms with E-state index < -0.39 is 18.0 Å². The van der Waals surface area contributed by atoms with Gasteiger partial charge in [0.1, 0.15) is 11.6 Å². The lowest BCUT2D eigenvalue weighted by Gasteiger charge is -2.31. The first-order valence-electron chi connectivity index (χ1n) is 7.25. The molecule has 24 heavy (non-hydrogen) atoms. The summed E-state index contributed by atoms with van der Waals surface area (Å²) < 4.78 is 45.0. The van der Waals surface area contributed by atoms with Crippen LogP contribution in [-0.4, -0.2) is 37.3 Å². The molecule has 3 rings (SSSR count). The number of rotatable bonds is 3. The highest BCUT2D eigenvalue weighted by atomic mass is 19.4. The molecule has 1 unspecified atom stereocenters. The highest BCUT2D eigenvalue weighted by Crippen LogP contribution is 2.32. The van der Waals surface area contributed by atoms with Crippen molar-refractivity contribution in [3.8, 4) is 0 Å². The number of furan rings is 1. The molecular formula is C14H15F3N4O3. The first-order chi connectivity index (χ1) is 11.2. The Morgan fingerprint density at radius 3 is 2.67 bits per heavy atom. The molecule has 130 valence electrons. The molecule has 1 N–H and O–H groups in total. The number of carboxylic acids is 1. The minimum absolute atomic E-state index is 0.104. The number of hydrogen-bond donors (Lipinski definition) is 1. The Kier molecular flexibility index (Phi) is 3.86. The number of fused-ring (bicyclic) bond motifs is 1. The van der Waals surface area contributed by atoms with E-state index in [-0.39, 0.29) is 30.7 Å². The number of carboxylic acid groups (broad SMARTS) is 1. The molecule has 2 aromatic heterocycles. The van der Waals surface area contributed by atoms with Crippen LogP contribution in [0.4, 0.5) is 13.2 Å². The molecule has 0 bridgehead atoms. The van der Waals surface area contributed by atoms with E-state index in [1.807, 2.05) is 4.90 Å². The molecule has 0 fully saturated rings. The average molecular weight is 344 g/mol. The maximum Gasteiger partial charge on any atom is 0.451 e. The molecule has 0 radical (unpaired) electrons. The van der Waals surface area contributed by atoms with Gasteiger partial charge in [0, 0.05) is 18.7 Å². The number of halogens is 3. The molecule has 1 aliphatic heterocycles. The van der Waals surface area contributed by atoms with Crippen molar-refractivity contribution < 1.29 is 27.5 Å². The van der Waals surface area contributed by atoms with Crippen LogP contribution in [0.3, 0.4) is 0 Å². The molecule has 1 atom stereocenters. The van der Waals surface area contributed by atoms with E-state index in [9.17, 15) is 18.0 Å². The Hall–Kier alpha value is -2.36. The van der Waals surface area contributed by atoms with E-state index in [4.69, 9.17) is 9.52 Å². The number of carbonyl (C=O) groups is 1. The zero-order chi connectivity index (χ0) is 17.6. The van der Waals surface area contributed by atoms with E-state index in [1.165, 1.54) is 0 Å². The van der Waals surface area contributed by atoms with Crippen LogP contribution in [0.2, 0.25) is 0 Å². The Bertz CT molecular complexity index is 781. The van der Waals surface area contributed by atoms with E-state index >= 15 is 0 Å². The minimum atomic E-state index is -4.53. The van der Waals surface area contributed by atoms with E-state index in [1.54, 1.807) is 19.9 Å². The van der Waals surface area contributed by atoms with Crippen LogP contribution in [0, 0.1) is 6.92 Å². The van der Waals surface area contributed by atoms with Gasteiger partial charge in [-0.2, -0.15) is 13.2 Å². The van der Waals surface area contributed by atoms with Gasteiger partial charge in [0.2, 0.25) is 11.6 Å². The van der Waals surface area contributed by atoms with Crippen molar-refractivity contribution in [1.29, 1.82) is 0 Å². The van der Waals surface area contributed by atoms with Gasteiger partial charge in [-0.25, -0.2) is 4.79 Å². The Balaban J connectivity index is 1.82. The lowest BCUT2D eigenvalue weighted by atomic mass is 10.1. The van der Waals surface area contributed by atoms with Gasteiger partial charge in [0.15, 0.2) is 0 Å². The zero-order valence-corrected chi connectivity index (χ0v) is 13.0. The SMILES string of the molecule is Cc1cc(C(C)N2CCn3c(nnc3C(F)(F)F)C2)oc1C(=O)O. The summed E-state index contributed by atoms with van der Waals surface area (Å²) in [6.07, 6.45) is -4.53. The van der Waals surface area contributed by atoms with E-state index in [0.29, 0.717) is 17.9 Å². The first-order valence-corrected chi connectivity index (χ1v) is 7.25. The van der Waals surface area contributed by atoms with Gasteiger partial charge in [0.05, 0.1) is 12.6 Å². The third kappa shape index (κ3) is 2.77. The molecule has 0 aliphatic carbocycles. The molecule has 1 aliphatic rings. The topological polar surface area (TPSA) is 84.4 Å². The minimum Gasteiger partial charge on any atom is -0.475 e. The zero-order valence-electron chi connectivity index (χ0n) is 13.0. The molecule has 0 aromatic carbocycles. The second-order valence-corrected chi connectivity index (χ2v) is 5.70. The standard InChI is InChI=1S/C14H15F3N4O3/c1-7-5-9(24-11(7)12(22)23)8(2)20-3-4-21-10(6-20)18-19-13(21)14(15,16)17/h5,8H,3-4,6H2,1-2H3,(H,22,23). The van der Waals surface area contributed by atoms with Gasteiger partial charge in [0.25, 0.3) is 0 Å². The van der Waals surface area contributed by atoms with Crippen LogP contribution in [0.15, 0.2) is 10.5 Å². The van der Waals surface area contributed by atoms with Crippen LogP contribution in [-0.2, 0) is 19.3 Å². The van der Waals surface area contributed by atoms with Crippen LogP contribution in [0.25, 0.3) is 0 Å². The summed E-state index contributed by atoms with van der Waals surface area (Å²) >= 11 is 0. The fraction of sp³-hybridized carbons (Fsp3) is 0.500. The molecule has 2 aromatic rings. The number of alkyl halides is 3. The van der Waals surface area contributed by atoms with Crippen LogP contribution >= 0.6 is 0 Å². The monoisotopic (exact) mass is 344 g/mol. The van der Waals surface area contributed by atoms with E-state index in [2.05, 4.69) is 10.2 Å². The number of aryl methyl sites for hydroxylation is 1. The largest absolute Gasteiger partial charge is 0.475 e. The van der Waals surface area contributed by atoms with Crippen LogP contribution in [0.1, 0.15) is 46.5 Å². The molecular weight excluding hydrogens is 329 g/mol. The predicted octanol–water partition coefficient (Wildman–Crippen LogP) is 2.47. The van der Waals surface area contributed by atoms with Crippen molar-refractivity contribution in [2.45, 2.75) is 39.2 Å². The summed E-state index contributed by atoms with van der Waals surface area (Å²) in [6.45, 7) is 4.06. The summed E-state index contributed by atoms with van der Waals surface area (Å²) in [5, 5.41) is 15.9. The van der Waals surface area contributed by atoms with E-state index in [0.717, 1.165) is 4.57 Å². The normalized spacial score (nSPS) is 16.9. The van der Waals surface area contributed by atoms with Crippen LogP contribution in [0.5, 0.6) is 0 Å². The van der Waals surface area contributed by atoms with Crippen molar-refractivity contribution in [3.63, 3.8) is 0 Å². The van der Waals surface area contributed by atoms with Gasteiger partial charge in [-0.05, 0) is 19.9 Å². The number of aromatic carboxylic acids is 1. The Morgan fingerprint density at radius 1 is 1.38 bits per heavy atom. The average Bonchev–Trinajstić information content (AvgIpc) is 3.08. The van der Waals surface area contributed by atoms with Gasteiger partial charge >= 0.3 is 12.1 Å². The van der Waals surface area contributed by atoms with Crippen molar-refractivity contribution >= 4 is 5.97 Å². The number of nitrogens with zero attached hydrogens (tertiary/aromatic N) is 4. The smallest absolute Gasteiger partial charge is 0.451 e. The lowest BCUT2D eigenvalue weighted by molar-refractivity contribution is -0.148. The second kappa shape index (κ2) is 5.62. The molecule has 0 spiro atoms. The second-order valence-electron chi connectivity index (χ2n) is 5.70. The molecule has 0 saturated heterocycles. The summed E-state index contributed by atoms with van der Waals surface area (Å²) in [5.41, 5.74) is 0.504. The van der Waals surface area contributed by atoms with Gasteiger partial charge in [-0.15, -0.1) is 10.2 Å². The molecule has 0 saturated carbocycles. The third-order valence-corrected chi connectivity index (χ3v) is 4.13. The highest BCUT2D eigenvalue weighted by molar-refractivity contribution is 5.86. The summed E-state index contributed by atoms with van der Waals surface area (Å²) in [6, 6.07) is 1.34. The molecule has 10 heteroatoms. The maximum atomic E-state index is 12.8. The van der Waals surface area contributed by atoms with Crippen molar-refractivity contribution in [2.24, 2.45) is 0 Å². The van der Waals surface area contributed by atoms with Crippen molar-refractivity contribution in [3.05, 3.63) is 34.8 Å². The maximum absolute atomic E-state index is 12.8. The fourth-order valence-corrected chi connectivity index (χ4v) is 2.82. The van der Waals surface area contributed by atoms with Gasteiger partial charge in [-0.1, -0.05) is 0 Å². The quantitative estimate of drug-likeness (QED) is 0.921. The number of aromatic nitrogens is 3. The third-order valence-electron chi connectivity index (χ3n) is 4.13. The summed E-state index contributed by atoms with van der Waals surface area (Å²) in [7, 11) is 0.